The molecular formula is C19H25N3O4. The Morgan fingerprint density at radius 3 is 2.77 bits per heavy atom. The van der Waals surface area contributed by atoms with E-state index in [9.17, 15) is 9.59 Å². The Morgan fingerprint density at radius 2 is 2.08 bits per heavy atom. The zero-order valence-corrected chi connectivity index (χ0v) is 14.9. The summed E-state index contributed by atoms with van der Waals surface area (Å²) in [5.74, 6) is -0.288. The van der Waals surface area contributed by atoms with Crippen LogP contribution < -0.4 is 10.6 Å². The van der Waals surface area contributed by atoms with Crippen LogP contribution in [0.1, 0.15) is 31.2 Å². The van der Waals surface area contributed by atoms with Gasteiger partial charge in [0.2, 0.25) is 0 Å². The van der Waals surface area contributed by atoms with Gasteiger partial charge in [-0.2, -0.15) is 0 Å². The van der Waals surface area contributed by atoms with Crippen LogP contribution in [0.4, 0.5) is 4.79 Å². The highest BCUT2D eigenvalue weighted by Crippen LogP contribution is 2.22. The zero-order valence-electron chi connectivity index (χ0n) is 14.9. The fourth-order valence-corrected chi connectivity index (χ4v) is 2.85. The Kier molecular flexibility index (Phi) is 7.67. The monoisotopic (exact) mass is 359 g/mol. The normalized spacial score (nSPS) is 16.6. The summed E-state index contributed by atoms with van der Waals surface area (Å²) in [4.78, 5) is 23.3. The third-order valence-electron chi connectivity index (χ3n) is 4.20. The predicted molar refractivity (Wildman–Crippen MR) is 97.8 cm³/mol. The van der Waals surface area contributed by atoms with Gasteiger partial charge < -0.3 is 25.5 Å². The van der Waals surface area contributed by atoms with Gasteiger partial charge in [-0.3, -0.25) is 4.79 Å². The second kappa shape index (κ2) is 10.2. The van der Waals surface area contributed by atoms with Crippen molar-refractivity contribution < 1.29 is 19.1 Å². The Morgan fingerprint density at radius 1 is 1.31 bits per heavy atom. The third kappa shape index (κ3) is 5.91. The van der Waals surface area contributed by atoms with Gasteiger partial charge in [0.15, 0.2) is 0 Å². The molecule has 1 aliphatic carbocycles. The van der Waals surface area contributed by atoms with Crippen LogP contribution in [0.5, 0.6) is 0 Å². The maximum Gasteiger partial charge on any atom is 0.407 e. The minimum Gasteiger partial charge on any atom is -0.469 e. The number of esters is 1. The molecule has 0 saturated carbocycles. The van der Waals surface area contributed by atoms with Crippen molar-refractivity contribution in [3.8, 4) is 0 Å². The highest BCUT2D eigenvalue weighted by molar-refractivity contribution is 5.81. The van der Waals surface area contributed by atoms with Crippen LogP contribution in [-0.2, 0) is 20.9 Å². The van der Waals surface area contributed by atoms with Crippen molar-refractivity contribution in [3.63, 3.8) is 0 Å². The number of rotatable bonds is 8. The number of amides is 1. The number of hydrogen-bond donors (Lipinski definition) is 3. The summed E-state index contributed by atoms with van der Waals surface area (Å²) in [6.45, 7) is 0.637. The topological polar surface area (TPSA) is 101 Å². The Bertz CT molecular complexity index is 658. The van der Waals surface area contributed by atoms with Gasteiger partial charge in [0.25, 0.3) is 0 Å². The number of alkyl carbamates (subject to hydrolysis) is 1. The van der Waals surface area contributed by atoms with Crippen molar-refractivity contribution in [1.29, 1.82) is 5.41 Å². The molecule has 0 unspecified atom stereocenters. The summed E-state index contributed by atoms with van der Waals surface area (Å²) in [7, 11) is 1.35. The van der Waals surface area contributed by atoms with Crippen molar-refractivity contribution in [2.45, 2.75) is 38.3 Å². The molecule has 0 aromatic heterocycles. The molecule has 0 radical (unpaired) electrons. The highest BCUT2D eigenvalue weighted by atomic mass is 16.5. The average Bonchev–Trinajstić information content (AvgIpc) is 2.67. The number of ether oxygens (including phenoxy) is 2. The Balaban J connectivity index is 1.89. The van der Waals surface area contributed by atoms with Crippen molar-refractivity contribution in [2.75, 3.05) is 13.7 Å². The van der Waals surface area contributed by atoms with Gasteiger partial charge in [-0.05, 0) is 24.8 Å². The van der Waals surface area contributed by atoms with Gasteiger partial charge in [-0.25, -0.2) is 4.79 Å². The number of methoxy groups -OCH3 is 1. The SMILES string of the molecule is COC(=O)CCNC1=C(C=N)[C@H](NC(=O)OCc2ccccc2)CCC1. The quantitative estimate of drug-likeness (QED) is 0.489. The minimum absolute atomic E-state index is 0.202. The second-order valence-electron chi connectivity index (χ2n) is 5.98. The molecular weight excluding hydrogens is 334 g/mol. The highest BCUT2D eigenvalue weighted by Gasteiger charge is 2.24. The molecule has 0 heterocycles. The van der Waals surface area contributed by atoms with Gasteiger partial charge in [0.1, 0.15) is 6.61 Å². The smallest absolute Gasteiger partial charge is 0.407 e. The average molecular weight is 359 g/mol. The molecule has 0 spiro atoms. The van der Waals surface area contributed by atoms with Crippen LogP contribution >= 0.6 is 0 Å². The van der Waals surface area contributed by atoms with E-state index in [1.165, 1.54) is 13.3 Å². The molecule has 0 saturated heterocycles. The minimum atomic E-state index is -0.506. The van der Waals surface area contributed by atoms with Crippen LogP contribution in [0, 0.1) is 5.41 Å². The van der Waals surface area contributed by atoms with Crippen molar-refractivity contribution in [1.82, 2.24) is 10.6 Å². The molecule has 26 heavy (non-hydrogen) atoms. The molecule has 0 aliphatic heterocycles. The Labute approximate surface area is 153 Å². The summed E-state index contributed by atoms with van der Waals surface area (Å²) >= 11 is 0. The van der Waals surface area contributed by atoms with Crippen LogP contribution in [-0.4, -0.2) is 38.0 Å². The van der Waals surface area contributed by atoms with E-state index in [4.69, 9.17) is 10.1 Å². The van der Waals surface area contributed by atoms with E-state index in [1.807, 2.05) is 30.3 Å². The number of hydrogen-bond acceptors (Lipinski definition) is 6. The first-order valence-corrected chi connectivity index (χ1v) is 8.65. The van der Waals surface area contributed by atoms with E-state index < -0.39 is 6.09 Å². The van der Waals surface area contributed by atoms with Crippen LogP contribution in [0.15, 0.2) is 41.6 Å². The van der Waals surface area contributed by atoms with E-state index in [0.717, 1.165) is 36.1 Å². The summed E-state index contributed by atoms with van der Waals surface area (Å²) in [5.41, 5.74) is 2.51. The van der Waals surface area contributed by atoms with Gasteiger partial charge in [-0.1, -0.05) is 30.3 Å². The number of benzene rings is 1. The summed E-state index contributed by atoms with van der Waals surface area (Å²) in [6, 6.07) is 9.19. The summed E-state index contributed by atoms with van der Waals surface area (Å²) < 4.78 is 9.87. The molecule has 1 aliphatic rings. The van der Waals surface area contributed by atoms with Crippen molar-refractivity contribution in [3.05, 3.63) is 47.2 Å². The lowest BCUT2D eigenvalue weighted by Gasteiger charge is -2.27. The predicted octanol–water partition coefficient (Wildman–Crippen LogP) is 2.52. The van der Waals surface area contributed by atoms with E-state index in [2.05, 4.69) is 15.4 Å². The maximum absolute atomic E-state index is 12.1. The van der Waals surface area contributed by atoms with Gasteiger partial charge in [0, 0.05) is 24.0 Å². The van der Waals surface area contributed by atoms with E-state index in [1.54, 1.807) is 0 Å². The lowest BCUT2D eigenvalue weighted by molar-refractivity contribution is -0.140. The molecule has 0 bridgehead atoms. The third-order valence-corrected chi connectivity index (χ3v) is 4.20. The molecule has 140 valence electrons. The maximum atomic E-state index is 12.1. The van der Waals surface area contributed by atoms with Crippen LogP contribution in [0.25, 0.3) is 0 Å². The van der Waals surface area contributed by atoms with Gasteiger partial charge in [0.05, 0.1) is 19.6 Å². The first-order chi connectivity index (χ1) is 12.6. The van der Waals surface area contributed by atoms with Crippen molar-refractivity contribution in [2.24, 2.45) is 0 Å². The number of allylic oxidation sites excluding steroid dienone is 1. The lowest BCUT2D eigenvalue weighted by Crippen LogP contribution is -2.40. The molecule has 0 fully saturated rings. The number of carbonyl (C=O) groups excluding carboxylic acids is 2. The van der Waals surface area contributed by atoms with E-state index >= 15 is 0 Å². The molecule has 1 amide bonds. The first kappa shape index (κ1) is 19.5. The van der Waals surface area contributed by atoms with Crippen LogP contribution in [0.2, 0.25) is 0 Å². The second-order valence-corrected chi connectivity index (χ2v) is 5.98. The molecule has 1 aromatic carbocycles. The summed E-state index contributed by atoms with van der Waals surface area (Å²) in [5, 5.41) is 13.7. The molecule has 1 atom stereocenters. The molecule has 2 rings (SSSR count). The lowest BCUT2D eigenvalue weighted by atomic mass is 9.92. The zero-order chi connectivity index (χ0) is 18.8. The molecule has 7 heteroatoms. The van der Waals surface area contributed by atoms with Crippen molar-refractivity contribution >= 4 is 18.3 Å². The largest absolute Gasteiger partial charge is 0.469 e. The van der Waals surface area contributed by atoms with Crippen LogP contribution in [0.3, 0.4) is 0 Å². The number of nitrogens with one attached hydrogen (secondary N) is 3. The summed E-state index contributed by atoms with van der Waals surface area (Å²) in [6.07, 6.45) is 3.40. The number of carbonyl (C=O) groups is 2. The molecule has 7 nitrogen and oxygen atoms in total. The fourth-order valence-electron chi connectivity index (χ4n) is 2.85. The van der Waals surface area contributed by atoms with E-state index in [-0.39, 0.29) is 25.0 Å². The van der Waals surface area contributed by atoms with E-state index in [0.29, 0.717) is 6.54 Å². The molecule has 3 N–H and O–H groups in total. The standard InChI is InChI=1S/C19H25N3O4/c1-25-18(23)10-11-21-16-8-5-9-17(15(16)12-20)22-19(24)26-13-14-6-3-2-4-7-14/h2-4,6-7,12,17,20-21H,5,8-11,13H2,1H3,(H,22,24)/t17-/m1/s1. The fraction of sp³-hybridized carbons (Fsp3) is 0.421. The first-order valence-electron chi connectivity index (χ1n) is 8.65. The Hall–Kier alpha value is -2.83. The van der Waals surface area contributed by atoms with Gasteiger partial charge >= 0.3 is 12.1 Å². The van der Waals surface area contributed by atoms with Gasteiger partial charge in [-0.15, -0.1) is 0 Å². The molecule has 1 aromatic rings.